The highest BCUT2D eigenvalue weighted by Crippen LogP contribution is 2.33. The third-order valence-electron chi connectivity index (χ3n) is 3.87. The predicted molar refractivity (Wildman–Crippen MR) is 79.0 cm³/mol. The van der Waals surface area contributed by atoms with E-state index in [1.165, 1.54) is 0 Å². The fourth-order valence-electron chi connectivity index (χ4n) is 2.51. The molecule has 20 heavy (non-hydrogen) atoms. The second-order valence-electron chi connectivity index (χ2n) is 5.35. The van der Waals surface area contributed by atoms with Crippen molar-refractivity contribution in [3.8, 4) is 0 Å². The van der Waals surface area contributed by atoms with E-state index in [2.05, 4.69) is 5.32 Å². The summed E-state index contributed by atoms with van der Waals surface area (Å²) in [7, 11) is 0. The van der Waals surface area contributed by atoms with Crippen molar-refractivity contribution in [2.24, 2.45) is 11.7 Å². The minimum absolute atomic E-state index is 0.0405. The molecule has 0 saturated heterocycles. The van der Waals surface area contributed by atoms with E-state index >= 15 is 0 Å². The molecule has 1 atom stereocenters. The van der Waals surface area contributed by atoms with Gasteiger partial charge in [0.05, 0.1) is 0 Å². The zero-order chi connectivity index (χ0) is 14.3. The van der Waals surface area contributed by atoms with Gasteiger partial charge in [0.15, 0.2) is 5.76 Å². The summed E-state index contributed by atoms with van der Waals surface area (Å²) < 4.78 is 5.65. The van der Waals surface area contributed by atoms with Crippen molar-refractivity contribution in [1.82, 2.24) is 5.32 Å². The van der Waals surface area contributed by atoms with Crippen LogP contribution in [0.15, 0.2) is 22.6 Å². The maximum Gasteiger partial charge on any atom is 0.287 e. The monoisotopic (exact) mass is 292 g/mol. The molecule has 0 radical (unpaired) electrons. The molecule has 5 heteroatoms. The number of nitrogens with two attached hydrogens (primary N) is 1. The van der Waals surface area contributed by atoms with Crippen LogP contribution in [0.4, 0.5) is 0 Å². The molecule has 1 saturated carbocycles. The molecule has 1 unspecified atom stereocenters. The van der Waals surface area contributed by atoms with Crippen LogP contribution in [0.25, 0.3) is 11.0 Å². The van der Waals surface area contributed by atoms with Gasteiger partial charge in [0.1, 0.15) is 5.58 Å². The molecule has 2 aromatic rings. The molecular formula is C15H17ClN2O2. The van der Waals surface area contributed by atoms with E-state index in [1.807, 2.05) is 13.0 Å². The number of hydrogen-bond acceptors (Lipinski definition) is 3. The van der Waals surface area contributed by atoms with Crippen molar-refractivity contribution in [1.29, 1.82) is 0 Å². The van der Waals surface area contributed by atoms with Crippen LogP contribution in [0.5, 0.6) is 0 Å². The third-order valence-corrected chi connectivity index (χ3v) is 4.10. The number of furan rings is 1. The lowest BCUT2D eigenvalue weighted by Gasteiger charge is -2.15. The van der Waals surface area contributed by atoms with Gasteiger partial charge < -0.3 is 15.5 Å². The van der Waals surface area contributed by atoms with Gasteiger partial charge in [-0.3, -0.25) is 4.79 Å². The average molecular weight is 293 g/mol. The Hall–Kier alpha value is -1.52. The van der Waals surface area contributed by atoms with Crippen molar-refractivity contribution in [3.63, 3.8) is 0 Å². The maximum absolute atomic E-state index is 12.3. The van der Waals surface area contributed by atoms with Crippen LogP contribution in [0.1, 0.15) is 29.0 Å². The number of benzene rings is 1. The topological polar surface area (TPSA) is 68.3 Å². The molecule has 106 valence electrons. The molecule has 1 aliphatic carbocycles. The first kappa shape index (κ1) is 13.5. The quantitative estimate of drug-likeness (QED) is 0.910. The Labute approximate surface area is 122 Å². The lowest BCUT2D eigenvalue weighted by Crippen LogP contribution is -2.41. The molecule has 1 amide bonds. The second kappa shape index (κ2) is 5.11. The molecule has 0 bridgehead atoms. The van der Waals surface area contributed by atoms with Crippen molar-refractivity contribution < 1.29 is 9.21 Å². The zero-order valence-corrected chi connectivity index (χ0v) is 12.0. The van der Waals surface area contributed by atoms with Crippen molar-refractivity contribution in [2.75, 3.05) is 6.54 Å². The Bertz CT molecular complexity index is 661. The van der Waals surface area contributed by atoms with Gasteiger partial charge in [0.25, 0.3) is 5.91 Å². The summed E-state index contributed by atoms with van der Waals surface area (Å²) in [5.41, 5.74) is 7.20. The SMILES string of the molecule is Cc1c(C(=O)NC(CN)C2CC2)oc2ccc(Cl)cc12. The van der Waals surface area contributed by atoms with Gasteiger partial charge in [-0.25, -0.2) is 0 Å². The summed E-state index contributed by atoms with van der Waals surface area (Å²) >= 11 is 5.98. The number of carbonyl (C=O) groups is 1. The molecule has 1 fully saturated rings. The Morgan fingerprint density at radius 1 is 1.55 bits per heavy atom. The number of nitrogens with one attached hydrogen (secondary N) is 1. The molecule has 0 aliphatic heterocycles. The summed E-state index contributed by atoms with van der Waals surface area (Å²) in [5.74, 6) is 0.668. The summed E-state index contributed by atoms with van der Waals surface area (Å²) in [4.78, 5) is 12.3. The van der Waals surface area contributed by atoms with E-state index in [0.717, 1.165) is 23.8 Å². The van der Waals surface area contributed by atoms with E-state index in [0.29, 0.717) is 28.8 Å². The van der Waals surface area contributed by atoms with Crippen LogP contribution in [-0.2, 0) is 0 Å². The Morgan fingerprint density at radius 3 is 2.95 bits per heavy atom. The van der Waals surface area contributed by atoms with Crippen molar-refractivity contribution in [2.45, 2.75) is 25.8 Å². The first-order chi connectivity index (χ1) is 9.60. The lowest BCUT2D eigenvalue weighted by atomic mass is 10.1. The van der Waals surface area contributed by atoms with Gasteiger partial charge in [-0.2, -0.15) is 0 Å². The molecule has 0 spiro atoms. The van der Waals surface area contributed by atoms with Crippen LogP contribution in [0.3, 0.4) is 0 Å². The molecule has 3 rings (SSSR count). The van der Waals surface area contributed by atoms with Crippen molar-refractivity contribution >= 4 is 28.5 Å². The van der Waals surface area contributed by atoms with E-state index in [9.17, 15) is 4.79 Å². The zero-order valence-electron chi connectivity index (χ0n) is 11.3. The highest BCUT2D eigenvalue weighted by Gasteiger charge is 2.32. The molecule has 1 aromatic carbocycles. The average Bonchev–Trinajstić information content (AvgIpc) is 3.22. The number of hydrogen-bond donors (Lipinski definition) is 2. The first-order valence-electron chi connectivity index (χ1n) is 6.79. The smallest absolute Gasteiger partial charge is 0.287 e. The highest BCUT2D eigenvalue weighted by atomic mass is 35.5. The number of fused-ring (bicyclic) bond motifs is 1. The van der Waals surface area contributed by atoms with E-state index in [1.54, 1.807) is 12.1 Å². The molecule has 1 aliphatic rings. The van der Waals surface area contributed by atoms with E-state index < -0.39 is 0 Å². The molecular weight excluding hydrogens is 276 g/mol. The number of halogens is 1. The van der Waals surface area contributed by atoms with E-state index in [-0.39, 0.29) is 11.9 Å². The van der Waals surface area contributed by atoms with Crippen LogP contribution in [0.2, 0.25) is 5.02 Å². The van der Waals surface area contributed by atoms with Gasteiger partial charge in [-0.1, -0.05) is 11.6 Å². The van der Waals surface area contributed by atoms with Gasteiger partial charge in [0, 0.05) is 28.6 Å². The Kier molecular flexibility index (Phi) is 3.44. The normalized spacial score (nSPS) is 16.4. The van der Waals surface area contributed by atoms with Gasteiger partial charge in [0.2, 0.25) is 0 Å². The fraction of sp³-hybridized carbons (Fsp3) is 0.400. The van der Waals surface area contributed by atoms with E-state index in [4.69, 9.17) is 21.8 Å². The van der Waals surface area contributed by atoms with Gasteiger partial charge in [-0.15, -0.1) is 0 Å². The van der Waals surface area contributed by atoms with Gasteiger partial charge >= 0.3 is 0 Å². The fourth-order valence-corrected chi connectivity index (χ4v) is 2.68. The number of aryl methyl sites for hydroxylation is 1. The third kappa shape index (κ3) is 2.41. The summed E-state index contributed by atoms with van der Waals surface area (Å²) in [6, 6.07) is 5.39. The number of amides is 1. The number of carbonyl (C=O) groups excluding carboxylic acids is 1. The predicted octanol–water partition coefficient (Wildman–Crippen LogP) is 2.86. The number of rotatable bonds is 4. The summed E-state index contributed by atoms with van der Waals surface area (Å²) in [6.07, 6.45) is 2.27. The molecule has 3 N–H and O–H groups in total. The van der Waals surface area contributed by atoms with Crippen LogP contribution >= 0.6 is 11.6 Å². The maximum atomic E-state index is 12.3. The summed E-state index contributed by atoms with van der Waals surface area (Å²) in [5, 5.41) is 4.47. The second-order valence-corrected chi connectivity index (χ2v) is 5.79. The highest BCUT2D eigenvalue weighted by molar-refractivity contribution is 6.31. The Morgan fingerprint density at radius 2 is 2.30 bits per heavy atom. The van der Waals surface area contributed by atoms with Crippen LogP contribution in [0, 0.1) is 12.8 Å². The van der Waals surface area contributed by atoms with Gasteiger partial charge in [-0.05, 0) is 43.9 Å². The molecule has 4 nitrogen and oxygen atoms in total. The van der Waals surface area contributed by atoms with Crippen LogP contribution in [-0.4, -0.2) is 18.5 Å². The summed E-state index contributed by atoms with van der Waals surface area (Å²) in [6.45, 7) is 2.33. The largest absolute Gasteiger partial charge is 0.451 e. The Balaban J connectivity index is 1.89. The molecule has 1 heterocycles. The standard InChI is InChI=1S/C15H17ClN2O2/c1-8-11-6-10(16)4-5-13(11)20-14(8)15(19)18-12(7-17)9-2-3-9/h4-6,9,12H,2-3,7,17H2,1H3,(H,18,19). The lowest BCUT2D eigenvalue weighted by molar-refractivity contribution is 0.0906. The molecule has 1 aromatic heterocycles. The van der Waals surface area contributed by atoms with Crippen LogP contribution < -0.4 is 11.1 Å². The first-order valence-corrected chi connectivity index (χ1v) is 7.17. The van der Waals surface area contributed by atoms with Crippen molar-refractivity contribution in [3.05, 3.63) is 34.5 Å². The minimum atomic E-state index is -0.197. The minimum Gasteiger partial charge on any atom is -0.451 e.